The molecule has 8 nitrogen and oxygen atoms in total. The topological polar surface area (TPSA) is 49.9 Å². The Bertz CT molecular complexity index is 962. The molecule has 322 valence electrons. The Kier molecular flexibility index (Phi) is 43.8. The molecule has 0 N–H and O–H groups in total. The molecule has 0 aliphatic rings. The molecule has 0 heterocycles. The van der Waals surface area contributed by atoms with Gasteiger partial charge in [-0.25, -0.2) is 0 Å². The van der Waals surface area contributed by atoms with E-state index in [2.05, 4.69) is 119 Å². The molecule has 12 heteroatoms. The van der Waals surface area contributed by atoms with Gasteiger partial charge < -0.3 is 0 Å². The van der Waals surface area contributed by atoms with Gasteiger partial charge in [-0.1, -0.05) is 0 Å². The minimum absolute atomic E-state index is 0.597. The standard InChI is InChI=1S/4C6H10N.2C3H5O.C3H5.2C2H5O.7CH3.4Sn/c4*1-3-5-7-6-4-2;2*1-2-3-4;1-3-2;2*1-2-3;;;;;;;;;;;/h4*3-4H,1-2,5-6H2;2*2H,1,3H2;3H,1-2H2;2*2H2,1H3;7*1H3;;;;/q6*-1;;2*-1;;;;;;;;4*+2. The van der Waals surface area contributed by atoms with Crippen molar-refractivity contribution in [2.24, 2.45) is 0 Å². The third-order valence-corrected chi connectivity index (χ3v) is 43.2. The van der Waals surface area contributed by atoms with Gasteiger partial charge in [0.25, 0.3) is 0 Å². The van der Waals surface area contributed by atoms with Crippen LogP contribution < -0.4 is 0 Å². The molecule has 0 fully saturated rings. The Labute approximate surface area is 367 Å². The molecule has 0 saturated carbocycles. The molecule has 56 heavy (non-hydrogen) atoms. The SMILES string of the molecule is C=CC[N](CC=C)[Sn]([CH3])([CH3])[N](CC=C)CC=C.C=CC[N](CC=C)[Sn]([CH3])([CH3])[N](CC=C)CC=C.C=CC[O][Sn]([CH3])([CH3])[O]CC=C.C=C[CH2][Sn]([CH3])([O]CC)[O]CC. The summed E-state index contributed by atoms with van der Waals surface area (Å²) in [5.41, 5.74) is 0. The second kappa shape index (κ2) is 39.2. The van der Waals surface area contributed by atoms with Crippen LogP contribution in [0.1, 0.15) is 13.8 Å². The van der Waals surface area contributed by atoms with Crippen LogP contribution in [-0.4, -0.2) is 168 Å². The maximum absolute atomic E-state index is 5.63. The Morgan fingerprint density at radius 2 is 0.589 bits per heavy atom. The molecule has 0 unspecified atom stereocenters. The van der Waals surface area contributed by atoms with Crippen LogP contribution in [0.4, 0.5) is 0 Å². The van der Waals surface area contributed by atoms with E-state index in [1.165, 1.54) is 0 Å². The number of allylic oxidation sites excluding steroid dienone is 1. The summed E-state index contributed by atoms with van der Waals surface area (Å²) in [6.07, 6.45) is 21.2. The van der Waals surface area contributed by atoms with Gasteiger partial charge in [-0.15, -0.1) is 0 Å². The Morgan fingerprint density at radius 3 is 0.750 bits per heavy atom. The molecule has 0 aliphatic heterocycles. The third-order valence-electron chi connectivity index (χ3n) is 8.40. The summed E-state index contributed by atoms with van der Waals surface area (Å²) in [4.78, 5) is 15.9. The third kappa shape index (κ3) is 31.0. The van der Waals surface area contributed by atoms with E-state index in [4.69, 9.17) is 12.3 Å². The van der Waals surface area contributed by atoms with Gasteiger partial charge in [0, 0.05) is 0 Å². The first-order valence-electron chi connectivity index (χ1n) is 19.6. The number of rotatable bonds is 32. The molecular formula is C44H86N4O4Sn4. The van der Waals surface area contributed by atoms with E-state index in [0.717, 1.165) is 70.0 Å². The summed E-state index contributed by atoms with van der Waals surface area (Å²) in [5, 5.41) is 0. The molecule has 0 aliphatic carbocycles. The van der Waals surface area contributed by atoms with Crippen LogP contribution in [0.3, 0.4) is 0 Å². The molecule has 0 aromatic carbocycles. The molecule has 0 spiro atoms. The Morgan fingerprint density at radius 1 is 0.357 bits per heavy atom. The van der Waals surface area contributed by atoms with E-state index in [0.29, 0.717) is 13.2 Å². The second-order valence-electron chi connectivity index (χ2n) is 14.0. The van der Waals surface area contributed by atoms with Gasteiger partial charge in [-0.05, 0) is 0 Å². The molecular weight excluding hydrogens is 1120 g/mol. The summed E-state index contributed by atoms with van der Waals surface area (Å²) in [6, 6.07) is 0. The first-order valence-corrected chi connectivity index (χ1v) is 51.4. The summed E-state index contributed by atoms with van der Waals surface area (Å²) in [7, 11) is 0. The molecule has 0 atom stereocenters. The van der Waals surface area contributed by atoms with Crippen molar-refractivity contribution in [2.75, 3.05) is 78.8 Å². The molecule has 0 saturated heterocycles. The molecule has 0 radical (unpaired) electrons. The zero-order chi connectivity index (χ0) is 44.1. The Hall–Kier alpha value is 0.0148. The van der Waals surface area contributed by atoms with E-state index in [1.807, 2.05) is 68.5 Å². The van der Waals surface area contributed by atoms with Crippen molar-refractivity contribution in [1.82, 2.24) is 12.5 Å². The van der Waals surface area contributed by atoms with Crippen LogP contribution in [-0.2, 0) is 12.3 Å². The van der Waals surface area contributed by atoms with Crippen LogP contribution in [0.2, 0.25) is 39.0 Å². The van der Waals surface area contributed by atoms with Crippen molar-refractivity contribution in [3.05, 3.63) is 139 Å². The average molecular weight is 1210 g/mol. The van der Waals surface area contributed by atoms with Gasteiger partial charge in [0.2, 0.25) is 0 Å². The molecule has 0 aromatic heterocycles. The van der Waals surface area contributed by atoms with Crippen LogP contribution in [0, 0.1) is 0 Å². The first-order chi connectivity index (χ1) is 26.4. The first kappa shape index (κ1) is 62.7. The van der Waals surface area contributed by atoms with Crippen molar-refractivity contribution in [1.29, 1.82) is 0 Å². The fourth-order valence-corrected chi connectivity index (χ4v) is 29.9. The average Bonchev–Trinajstić information content (AvgIpc) is 3.14. The monoisotopic (exact) mass is 1210 g/mol. The van der Waals surface area contributed by atoms with E-state index < -0.39 is 76.3 Å². The van der Waals surface area contributed by atoms with Crippen molar-refractivity contribution < 1.29 is 12.3 Å². The zero-order valence-electron chi connectivity index (χ0n) is 37.7. The zero-order valence-corrected chi connectivity index (χ0v) is 49.2. The van der Waals surface area contributed by atoms with Crippen LogP contribution in [0.5, 0.6) is 0 Å². The van der Waals surface area contributed by atoms with Gasteiger partial charge in [0.15, 0.2) is 0 Å². The predicted octanol–water partition coefficient (Wildman–Crippen LogP) is 10.5. The summed E-state index contributed by atoms with van der Waals surface area (Å²) >= 11 is -10.1. The predicted molar refractivity (Wildman–Crippen MR) is 262 cm³/mol. The van der Waals surface area contributed by atoms with Crippen LogP contribution in [0.15, 0.2) is 139 Å². The van der Waals surface area contributed by atoms with Crippen molar-refractivity contribution in [2.45, 2.75) is 52.9 Å². The number of nitrogens with zero attached hydrogens (tertiary/aromatic N) is 4. The van der Waals surface area contributed by atoms with Crippen molar-refractivity contribution in [3.8, 4) is 0 Å². The van der Waals surface area contributed by atoms with Gasteiger partial charge in [0.1, 0.15) is 0 Å². The second-order valence-corrected chi connectivity index (χ2v) is 57.2. The van der Waals surface area contributed by atoms with Crippen LogP contribution >= 0.6 is 0 Å². The van der Waals surface area contributed by atoms with E-state index >= 15 is 0 Å². The van der Waals surface area contributed by atoms with Gasteiger partial charge in [0.05, 0.1) is 0 Å². The van der Waals surface area contributed by atoms with Crippen molar-refractivity contribution in [3.63, 3.8) is 0 Å². The minimum atomic E-state index is -2.58. The maximum atomic E-state index is 5.63. The quantitative estimate of drug-likeness (QED) is 0.0488. The Balaban J connectivity index is -0.000000329. The molecule has 0 aromatic rings. The number of hydrogen-bond donors (Lipinski definition) is 0. The summed E-state index contributed by atoms with van der Waals surface area (Å²) in [6.45, 7) is 55.8. The molecule has 0 amide bonds. The summed E-state index contributed by atoms with van der Waals surface area (Å²) < 4.78 is 33.3. The fraction of sp³-hybridized carbons (Fsp3) is 0.500. The fourth-order valence-electron chi connectivity index (χ4n) is 5.33. The van der Waals surface area contributed by atoms with E-state index in [9.17, 15) is 0 Å². The van der Waals surface area contributed by atoms with Gasteiger partial charge in [-0.2, -0.15) is 0 Å². The number of hydrogen-bond acceptors (Lipinski definition) is 8. The van der Waals surface area contributed by atoms with Gasteiger partial charge >= 0.3 is 372 Å². The molecule has 0 bridgehead atoms. The molecule has 0 rings (SSSR count). The van der Waals surface area contributed by atoms with Crippen LogP contribution in [0.25, 0.3) is 0 Å². The normalized spacial score (nSPS) is 11.4. The van der Waals surface area contributed by atoms with E-state index in [-0.39, 0.29) is 0 Å². The summed E-state index contributed by atoms with van der Waals surface area (Å²) in [5.74, 6) is 0. The van der Waals surface area contributed by atoms with Crippen molar-refractivity contribution >= 4 is 76.3 Å². The van der Waals surface area contributed by atoms with E-state index in [1.54, 1.807) is 12.2 Å². The van der Waals surface area contributed by atoms with Gasteiger partial charge in [-0.3, -0.25) is 0 Å².